The highest BCUT2D eigenvalue weighted by atomic mass is 35.5. The van der Waals surface area contributed by atoms with Crippen molar-refractivity contribution in [2.75, 3.05) is 0 Å². The minimum Gasteiger partial charge on any atom is -0.296 e. The third kappa shape index (κ3) is 2.09. The smallest absolute Gasteiger partial charge is 0.233 e. The normalized spacial score (nSPS) is 24.6. The highest BCUT2D eigenvalue weighted by Crippen LogP contribution is 2.31. The minimum absolute atomic E-state index is 0.188. The van der Waals surface area contributed by atoms with Crippen LogP contribution in [0.3, 0.4) is 0 Å². The first-order valence-corrected chi connectivity index (χ1v) is 5.46. The highest BCUT2D eigenvalue weighted by molar-refractivity contribution is 6.30. The van der Waals surface area contributed by atoms with Crippen LogP contribution in [0.15, 0.2) is 24.3 Å². The number of carbonyl (C=O) groups excluding carboxylic acids is 2. The van der Waals surface area contributed by atoms with Crippen molar-refractivity contribution in [2.24, 2.45) is 5.41 Å². The van der Waals surface area contributed by atoms with E-state index < -0.39 is 5.41 Å². The predicted octanol–water partition coefficient (Wildman–Crippen LogP) is 1.94. The van der Waals surface area contributed by atoms with Crippen molar-refractivity contribution in [2.45, 2.75) is 19.8 Å². The van der Waals surface area contributed by atoms with Crippen LogP contribution < -0.4 is 5.32 Å². The standard InChI is InChI=1S/C12H12ClNO2/c1-12(7-10(15)14-11(12)16)6-8-2-4-9(13)5-3-8/h2-5H,6-7H2,1H3,(H,14,15,16). The first-order chi connectivity index (χ1) is 7.49. The molecule has 0 spiro atoms. The molecule has 2 rings (SSSR count). The van der Waals surface area contributed by atoms with Gasteiger partial charge in [0.15, 0.2) is 0 Å². The molecule has 1 N–H and O–H groups in total. The Balaban J connectivity index is 2.18. The molecular formula is C12H12ClNO2. The molecule has 84 valence electrons. The SMILES string of the molecule is CC1(Cc2ccc(Cl)cc2)CC(=O)NC1=O. The first-order valence-electron chi connectivity index (χ1n) is 5.08. The molecule has 4 heteroatoms. The maximum Gasteiger partial charge on any atom is 0.233 e. The molecule has 1 aromatic carbocycles. The lowest BCUT2D eigenvalue weighted by Crippen LogP contribution is -2.30. The number of halogens is 1. The zero-order valence-electron chi connectivity index (χ0n) is 8.92. The molecule has 1 aliphatic rings. The van der Waals surface area contributed by atoms with Gasteiger partial charge in [0.2, 0.25) is 11.8 Å². The summed E-state index contributed by atoms with van der Waals surface area (Å²) in [7, 11) is 0. The van der Waals surface area contributed by atoms with Gasteiger partial charge in [-0.25, -0.2) is 0 Å². The summed E-state index contributed by atoms with van der Waals surface area (Å²) >= 11 is 5.78. The molecule has 0 aromatic heterocycles. The third-order valence-corrected chi connectivity index (χ3v) is 3.11. The molecule has 3 nitrogen and oxygen atoms in total. The van der Waals surface area contributed by atoms with Gasteiger partial charge in [-0.2, -0.15) is 0 Å². The van der Waals surface area contributed by atoms with Gasteiger partial charge in [0.1, 0.15) is 0 Å². The summed E-state index contributed by atoms with van der Waals surface area (Å²) in [5, 5.41) is 3.00. The Kier molecular flexibility index (Phi) is 2.72. The second-order valence-electron chi connectivity index (χ2n) is 4.42. The molecule has 0 saturated carbocycles. The fraction of sp³-hybridized carbons (Fsp3) is 0.333. The van der Waals surface area contributed by atoms with Gasteiger partial charge in [0, 0.05) is 11.4 Å². The molecule has 1 aromatic rings. The van der Waals surface area contributed by atoms with Crippen LogP contribution in [-0.4, -0.2) is 11.8 Å². The van der Waals surface area contributed by atoms with E-state index in [0.29, 0.717) is 11.4 Å². The Morgan fingerprint density at radius 3 is 2.44 bits per heavy atom. The maximum absolute atomic E-state index is 11.6. The van der Waals surface area contributed by atoms with E-state index in [1.54, 1.807) is 12.1 Å². The van der Waals surface area contributed by atoms with Crippen LogP contribution in [0.2, 0.25) is 5.02 Å². The van der Waals surface area contributed by atoms with Crippen LogP contribution >= 0.6 is 11.6 Å². The molecule has 1 fully saturated rings. The van der Waals surface area contributed by atoms with E-state index in [9.17, 15) is 9.59 Å². The average Bonchev–Trinajstić information content (AvgIpc) is 2.44. The molecule has 1 heterocycles. The summed E-state index contributed by atoms with van der Waals surface area (Å²) in [6.07, 6.45) is 0.816. The van der Waals surface area contributed by atoms with E-state index in [-0.39, 0.29) is 18.2 Å². The van der Waals surface area contributed by atoms with E-state index in [0.717, 1.165) is 5.56 Å². The quantitative estimate of drug-likeness (QED) is 0.799. The number of carbonyl (C=O) groups is 2. The zero-order valence-corrected chi connectivity index (χ0v) is 9.67. The number of nitrogens with one attached hydrogen (secondary N) is 1. The van der Waals surface area contributed by atoms with Crippen molar-refractivity contribution in [3.8, 4) is 0 Å². The second-order valence-corrected chi connectivity index (χ2v) is 4.85. The molecule has 0 aliphatic carbocycles. The van der Waals surface area contributed by atoms with Gasteiger partial charge in [0.25, 0.3) is 0 Å². The van der Waals surface area contributed by atoms with Crippen molar-refractivity contribution in [3.05, 3.63) is 34.9 Å². The Morgan fingerprint density at radius 1 is 1.31 bits per heavy atom. The number of benzene rings is 1. The topological polar surface area (TPSA) is 46.2 Å². The predicted molar refractivity (Wildman–Crippen MR) is 61.0 cm³/mol. The molecule has 16 heavy (non-hydrogen) atoms. The van der Waals surface area contributed by atoms with Crippen molar-refractivity contribution in [1.82, 2.24) is 5.32 Å². The summed E-state index contributed by atoms with van der Waals surface area (Å²) < 4.78 is 0. The number of hydrogen-bond donors (Lipinski definition) is 1. The van der Waals surface area contributed by atoms with E-state index in [4.69, 9.17) is 11.6 Å². The summed E-state index contributed by atoms with van der Waals surface area (Å²) in [5.41, 5.74) is 0.391. The Hall–Kier alpha value is -1.35. The maximum atomic E-state index is 11.6. The molecule has 0 bridgehead atoms. The minimum atomic E-state index is -0.620. The van der Waals surface area contributed by atoms with Crippen molar-refractivity contribution >= 4 is 23.4 Å². The van der Waals surface area contributed by atoms with Crippen molar-refractivity contribution in [1.29, 1.82) is 0 Å². The van der Waals surface area contributed by atoms with Crippen molar-refractivity contribution in [3.63, 3.8) is 0 Å². The van der Waals surface area contributed by atoms with Crippen LogP contribution in [0.4, 0.5) is 0 Å². The number of amides is 2. The molecule has 2 amide bonds. The molecule has 0 radical (unpaired) electrons. The fourth-order valence-corrected chi connectivity index (χ4v) is 2.08. The molecule has 1 aliphatic heterocycles. The van der Waals surface area contributed by atoms with Gasteiger partial charge < -0.3 is 0 Å². The Labute approximate surface area is 98.8 Å². The Bertz CT molecular complexity index is 441. The lowest BCUT2D eigenvalue weighted by atomic mass is 9.82. The molecule has 1 atom stereocenters. The largest absolute Gasteiger partial charge is 0.296 e. The lowest BCUT2D eigenvalue weighted by Gasteiger charge is -2.19. The van der Waals surface area contributed by atoms with Gasteiger partial charge in [-0.15, -0.1) is 0 Å². The average molecular weight is 238 g/mol. The first kappa shape index (κ1) is 11.1. The van der Waals surface area contributed by atoms with Crippen LogP contribution in [0.1, 0.15) is 18.9 Å². The van der Waals surface area contributed by atoms with E-state index in [1.807, 2.05) is 19.1 Å². The van der Waals surface area contributed by atoms with Gasteiger partial charge in [0.05, 0.1) is 5.41 Å². The summed E-state index contributed by atoms with van der Waals surface area (Å²) in [4.78, 5) is 22.8. The molecular weight excluding hydrogens is 226 g/mol. The van der Waals surface area contributed by atoms with Gasteiger partial charge in [-0.1, -0.05) is 23.7 Å². The van der Waals surface area contributed by atoms with Gasteiger partial charge >= 0.3 is 0 Å². The number of hydrogen-bond acceptors (Lipinski definition) is 2. The van der Waals surface area contributed by atoms with E-state index in [1.165, 1.54) is 0 Å². The van der Waals surface area contributed by atoms with Crippen LogP contribution in [0, 0.1) is 5.41 Å². The second kappa shape index (κ2) is 3.91. The van der Waals surface area contributed by atoms with Gasteiger partial charge in [-0.3, -0.25) is 14.9 Å². The van der Waals surface area contributed by atoms with Crippen LogP contribution in [0.5, 0.6) is 0 Å². The lowest BCUT2D eigenvalue weighted by molar-refractivity contribution is -0.128. The third-order valence-electron chi connectivity index (χ3n) is 2.86. The van der Waals surface area contributed by atoms with E-state index in [2.05, 4.69) is 5.32 Å². The number of rotatable bonds is 2. The fourth-order valence-electron chi connectivity index (χ4n) is 1.95. The summed E-state index contributed by atoms with van der Waals surface area (Å²) in [6.45, 7) is 1.81. The van der Waals surface area contributed by atoms with E-state index >= 15 is 0 Å². The van der Waals surface area contributed by atoms with Gasteiger partial charge in [-0.05, 0) is 31.0 Å². The zero-order chi connectivity index (χ0) is 11.8. The van der Waals surface area contributed by atoms with Crippen LogP contribution in [0.25, 0.3) is 0 Å². The molecule has 1 unspecified atom stereocenters. The van der Waals surface area contributed by atoms with Crippen molar-refractivity contribution < 1.29 is 9.59 Å². The van der Waals surface area contributed by atoms with Crippen LogP contribution in [-0.2, 0) is 16.0 Å². The Morgan fingerprint density at radius 2 is 1.94 bits per heavy atom. The number of imide groups is 1. The monoisotopic (exact) mass is 237 g/mol. The molecule has 1 saturated heterocycles. The summed E-state index contributed by atoms with van der Waals surface area (Å²) in [6, 6.07) is 7.33. The highest BCUT2D eigenvalue weighted by Gasteiger charge is 2.42. The summed E-state index contributed by atoms with van der Waals surface area (Å²) in [5.74, 6) is -0.381.